The van der Waals surface area contributed by atoms with E-state index in [4.69, 9.17) is 4.99 Å². The van der Waals surface area contributed by atoms with Crippen molar-refractivity contribution in [3.05, 3.63) is 160 Å². The molecule has 0 N–H and O–H groups in total. The third-order valence-electron chi connectivity index (χ3n) is 6.22. The fraction of sp³-hybridized carbons (Fsp3) is 0.0312. The second-order valence-electron chi connectivity index (χ2n) is 8.34. The van der Waals surface area contributed by atoms with E-state index >= 15 is 0 Å². The van der Waals surface area contributed by atoms with Crippen molar-refractivity contribution < 1.29 is 21.9 Å². The van der Waals surface area contributed by atoms with E-state index in [1.807, 2.05) is 81.5 Å². The minimum atomic E-state index is -2.43. The third-order valence-corrected chi connectivity index (χ3v) is 10.4. The zero-order valence-corrected chi connectivity index (χ0v) is 21.9. The summed E-state index contributed by atoms with van der Waals surface area (Å²) in [5.74, 6) is 1.14. The maximum Gasteiger partial charge on any atom is 0.211 e. The van der Waals surface area contributed by atoms with Crippen LogP contribution in [0.5, 0.6) is 0 Å². The number of Topliss-reactive ketones (excluding diaryl/α,β-unsaturated/α-hetero) is 1. The first-order chi connectivity index (χ1) is 17.2. The molecule has 1 heterocycles. The summed E-state index contributed by atoms with van der Waals surface area (Å²) < 4.78 is 0. The van der Waals surface area contributed by atoms with Gasteiger partial charge in [-0.2, -0.15) is 0 Å². The van der Waals surface area contributed by atoms with Gasteiger partial charge in [-0.15, -0.1) is 0 Å². The number of rotatable bonds is 4. The van der Waals surface area contributed by atoms with Crippen molar-refractivity contribution in [2.45, 2.75) is 6.92 Å². The van der Waals surface area contributed by atoms with Crippen molar-refractivity contribution in [2.75, 3.05) is 0 Å². The molecule has 0 aromatic heterocycles. The average Bonchev–Trinajstić information content (AvgIpc) is 3.66. The summed E-state index contributed by atoms with van der Waals surface area (Å²) in [6, 6.07) is 30.4. The second-order valence-corrected chi connectivity index (χ2v) is 11.6. The average molecular weight is 527 g/mol. The molecule has 3 aliphatic rings. The van der Waals surface area contributed by atoms with E-state index in [-0.39, 0.29) is 22.9 Å². The first-order valence-electron chi connectivity index (χ1n) is 11.7. The van der Waals surface area contributed by atoms with Gasteiger partial charge in [0, 0.05) is 39.9 Å². The fourth-order valence-corrected chi connectivity index (χ4v) is 9.09. The van der Waals surface area contributed by atoms with Crippen LogP contribution in [0.1, 0.15) is 17.3 Å². The van der Waals surface area contributed by atoms with Crippen LogP contribution in [0.2, 0.25) is 0 Å². The molecule has 1 aliphatic heterocycles. The predicted molar refractivity (Wildman–Crippen MR) is 149 cm³/mol. The van der Waals surface area contributed by atoms with Crippen molar-refractivity contribution >= 4 is 34.4 Å². The minimum Gasteiger partial charge on any atom is -0.287 e. The van der Waals surface area contributed by atoms with Crippen LogP contribution in [0, 0.1) is 62.9 Å². The predicted octanol–water partition coefficient (Wildman–Crippen LogP) is 5.89. The molecule has 3 aromatic carbocycles. The molecule has 0 amide bonds. The molecular weight excluding hydrogens is 501 g/mol. The number of aliphatic imine (C=N–C) groups is 1. The van der Waals surface area contributed by atoms with Gasteiger partial charge in [0.15, 0.2) is 0 Å². The van der Waals surface area contributed by atoms with E-state index in [1.54, 1.807) is 0 Å². The molecule has 2 aliphatic carbocycles. The van der Waals surface area contributed by atoms with E-state index in [1.165, 1.54) is 5.66 Å². The summed E-state index contributed by atoms with van der Waals surface area (Å²) in [5.41, 5.74) is 3.45. The quantitative estimate of drug-likeness (QED) is 0.236. The van der Waals surface area contributed by atoms with Crippen molar-refractivity contribution in [2.24, 2.45) is 4.99 Å². The van der Waals surface area contributed by atoms with Crippen molar-refractivity contribution in [1.82, 2.24) is 0 Å². The van der Waals surface area contributed by atoms with Gasteiger partial charge in [-0.1, -0.05) is 91.0 Å². The van der Waals surface area contributed by atoms with Gasteiger partial charge in [-0.3, -0.25) is 9.79 Å². The maximum absolute atomic E-state index is 13.9. The Bertz CT molecular complexity index is 1180. The van der Waals surface area contributed by atoms with E-state index in [0.29, 0.717) is 11.0 Å². The first-order valence-corrected chi connectivity index (χ1v) is 13.5. The molecular formula is C32H26FeNOP. The summed E-state index contributed by atoms with van der Waals surface area (Å²) in [7, 11) is 0. The Kier molecular flexibility index (Phi) is 9.24. The Labute approximate surface area is 227 Å². The van der Waals surface area contributed by atoms with Crippen LogP contribution >= 0.6 is 6.89 Å². The topological polar surface area (TPSA) is 29.4 Å². The van der Waals surface area contributed by atoms with E-state index in [0.717, 1.165) is 22.2 Å². The molecule has 0 unspecified atom stereocenters. The number of carbonyl (C=O) groups excluding carboxylic acids is 1. The van der Waals surface area contributed by atoms with Gasteiger partial charge in [0.25, 0.3) is 0 Å². The molecule has 3 aromatic rings. The Morgan fingerprint density at radius 3 is 1.61 bits per heavy atom. The van der Waals surface area contributed by atoms with Crippen LogP contribution in [0.25, 0.3) is 0 Å². The Balaban J connectivity index is 0.000000455. The van der Waals surface area contributed by atoms with Crippen molar-refractivity contribution in [3.8, 4) is 0 Å². The largest absolute Gasteiger partial charge is 0.287 e. The SMILES string of the molecule is CC1=NC(C(=O)c2ccccc2)=P(c2ccccc2)(c2ccccc2)[C]2[CH][CH][CH][C]21.[CH]1[CH][CH][CH][CH]1.[Fe]. The molecule has 10 radical (unpaired) electrons. The summed E-state index contributed by atoms with van der Waals surface area (Å²) in [4.78, 5) is 18.9. The number of hydrogen-bond donors (Lipinski definition) is 0. The number of carbonyl (C=O) groups is 1. The first kappa shape index (κ1) is 26.9. The smallest absolute Gasteiger partial charge is 0.211 e. The zero-order chi connectivity index (χ0) is 24.1. The van der Waals surface area contributed by atoms with Crippen LogP contribution < -0.4 is 10.6 Å². The van der Waals surface area contributed by atoms with Crippen LogP contribution in [0.3, 0.4) is 0 Å². The van der Waals surface area contributed by atoms with Crippen molar-refractivity contribution in [3.63, 3.8) is 0 Å². The Morgan fingerprint density at radius 1 is 0.639 bits per heavy atom. The van der Waals surface area contributed by atoms with Crippen LogP contribution in [-0.2, 0) is 17.1 Å². The molecule has 0 spiro atoms. The second kappa shape index (κ2) is 12.4. The number of ketones is 1. The standard InChI is InChI=1S/C27H21NOP.C5H5.Fe/c1-20-24-18-11-19-25(24)30(22-14-7-3-8-15-22,23-16-9-4-10-17-23)27(28-20)26(29)21-12-5-2-6-13-21;1-2-4-5-3-1;/h2-19H,1H3;1-5H;. The molecule has 178 valence electrons. The molecule has 6 rings (SSSR count). The maximum atomic E-state index is 13.9. The summed E-state index contributed by atoms with van der Waals surface area (Å²) >= 11 is 0. The van der Waals surface area contributed by atoms with Gasteiger partial charge < -0.3 is 0 Å². The van der Waals surface area contributed by atoms with Crippen LogP contribution in [0.15, 0.2) is 96.0 Å². The molecule has 2 saturated carbocycles. The summed E-state index contributed by atoms with van der Waals surface area (Å²) in [6.45, 7) is -0.426. The van der Waals surface area contributed by atoms with Crippen LogP contribution in [-0.4, -0.2) is 16.9 Å². The molecule has 0 bridgehead atoms. The van der Waals surface area contributed by atoms with Gasteiger partial charge in [-0.25, -0.2) is 0 Å². The summed E-state index contributed by atoms with van der Waals surface area (Å²) in [6.07, 6.45) is 16.4. The molecule has 4 heteroatoms. The number of nitrogens with zero attached hydrogens (tertiary/aromatic N) is 1. The van der Waals surface area contributed by atoms with Gasteiger partial charge in [0.05, 0.1) is 0 Å². The Morgan fingerprint density at radius 2 is 1.11 bits per heavy atom. The summed E-state index contributed by atoms with van der Waals surface area (Å²) in [5, 5.41) is 2.30. The van der Waals surface area contributed by atoms with E-state index in [9.17, 15) is 4.79 Å². The van der Waals surface area contributed by atoms with Gasteiger partial charge in [0.1, 0.15) is 5.42 Å². The fourth-order valence-electron chi connectivity index (χ4n) is 4.63. The van der Waals surface area contributed by atoms with Gasteiger partial charge in [-0.05, 0) is 75.8 Å². The van der Waals surface area contributed by atoms with Gasteiger partial charge in [0.2, 0.25) is 5.78 Å². The molecule has 0 saturated heterocycles. The molecule has 36 heavy (non-hydrogen) atoms. The number of fused-ring (bicyclic) bond motifs is 1. The molecule has 2 fully saturated rings. The normalized spacial score (nSPS) is 18.9. The monoisotopic (exact) mass is 527 g/mol. The minimum absolute atomic E-state index is 0. The van der Waals surface area contributed by atoms with Gasteiger partial charge >= 0.3 is 0 Å². The van der Waals surface area contributed by atoms with Crippen molar-refractivity contribution in [1.29, 1.82) is 0 Å². The van der Waals surface area contributed by atoms with E-state index in [2.05, 4.69) is 67.8 Å². The zero-order valence-electron chi connectivity index (χ0n) is 19.9. The third kappa shape index (κ3) is 5.12. The number of hydrogen-bond acceptors (Lipinski definition) is 2. The van der Waals surface area contributed by atoms with Crippen LogP contribution in [0.4, 0.5) is 0 Å². The Hall–Kier alpha value is -2.18. The molecule has 0 atom stereocenters. The number of benzene rings is 3. The van der Waals surface area contributed by atoms with E-state index < -0.39 is 6.89 Å². The molecule has 2 nitrogen and oxygen atoms in total.